The van der Waals surface area contributed by atoms with Crippen LogP contribution in [0.3, 0.4) is 0 Å². The molecule has 0 bridgehead atoms. The second kappa shape index (κ2) is 8.73. The number of aryl methyl sites for hydroxylation is 1. The second-order valence-corrected chi connectivity index (χ2v) is 7.33. The first-order chi connectivity index (χ1) is 12.6. The predicted molar refractivity (Wildman–Crippen MR) is 103 cm³/mol. The minimum Gasteiger partial charge on any atom is -0.459 e. The van der Waals surface area contributed by atoms with Gasteiger partial charge in [0.2, 0.25) is 0 Å². The van der Waals surface area contributed by atoms with Crippen molar-refractivity contribution >= 4 is 34.6 Å². The van der Waals surface area contributed by atoms with Crippen LogP contribution in [0, 0.1) is 6.92 Å². The van der Waals surface area contributed by atoms with Crippen molar-refractivity contribution in [3.8, 4) is 10.6 Å². The van der Waals surface area contributed by atoms with E-state index in [2.05, 4.69) is 10.3 Å². The van der Waals surface area contributed by atoms with Gasteiger partial charge in [-0.3, -0.25) is 9.59 Å². The van der Waals surface area contributed by atoms with Gasteiger partial charge in [-0.25, -0.2) is 4.98 Å². The molecule has 2 heterocycles. The Morgan fingerprint density at radius 2 is 1.96 bits per heavy atom. The van der Waals surface area contributed by atoms with E-state index in [-0.39, 0.29) is 31.4 Å². The summed E-state index contributed by atoms with van der Waals surface area (Å²) in [7, 11) is 0. The summed E-state index contributed by atoms with van der Waals surface area (Å²) in [4.78, 5) is 28.1. The van der Waals surface area contributed by atoms with Crippen molar-refractivity contribution in [1.29, 1.82) is 0 Å². The van der Waals surface area contributed by atoms with E-state index in [0.717, 1.165) is 16.3 Å². The average molecular weight is 386 g/mol. The van der Waals surface area contributed by atoms with Gasteiger partial charge >= 0.3 is 5.97 Å². The number of nitrogens with zero attached hydrogens (tertiary/aromatic N) is 1. The maximum absolute atomic E-state index is 11.8. The van der Waals surface area contributed by atoms with E-state index >= 15 is 0 Å². The van der Waals surface area contributed by atoms with Crippen LogP contribution in [0.2, 0.25) is 0 Å². The van der Waals surface area contributed by atoms with Crippen LogP contribution in [-0.2, 0) is 16.1 Å². The van der Waals surface area contributed by atoms with Crippen LogP contribution in [0.5, 0.6) is 0 Å². The summed E-state index contributed by atoms with van der Waals surface area (Å²) in [6, 6.07) is 9.88. The molecule has 0 aliphatic carbocycles. The normalized spacial score (nSPS) is 10.5. The minimum atomic E-state index is -0.361. The maximum Gasteiger partial charge on any atom is 0.307 e. The van der Waals surface area contributed by atoms with E-state index < -0.39 is 0 Å². The van der Waals surface area contributed by atoms with E-state index in [1.165, 1.54) is 28.2 Å². The maximum atomic E-state index is 11.8. The van der Waals surface area contributed by atoms with Gasteiger partial charge in [0, 0.05) is 28.4 Å². The van der Waals surface area contributed by atoms with Gasteiger partial charge < -0.3 is 10.1 Å². The molecule has 5 nitrogen and oxygen atoms in total. The number of ether oxygens (including phenoxy) is 1. The third kappa shape index (κ3) is 5.00. The van der Waals surface area contributed by atoms with Crippen LogP contribution in [0.1, 0.15) is 28.0 Å². The zero-order chi connectivity index (χ0) is 18.4. The summed E-state index contributed by atoms with van der Waals surface area (Å²) in [5.41, 5.74) is 3.58. The number of thiophene rings is 1. The molecule has 0 unspecified atom stereocenters. The minimum absolute atomic E-state index is 0.130. The molecule has 1 aromatic carbocycles. The molecule has 3 aromatic rings. The lowest BCUT2D eigenvalue weighted by Crippen LogP contribution is -2.26. The largest absolute Gasteiger partial charge is 0.459 e. The molecule has 0 spiro atoms. The molecule has 2 aromatic heterocycles. The van der Waals surface area contributed by atoms with Crippen LogP contribution >= 0.6 is 22.7 Å². The third-order valence-electron chi connectivity index (χ3n) is 3.63. The number of hydrogen-bond acceptors (Lipinski definition) is 6. The van der Waals surface area contributed by atoms with Crippen molar-refractivity contribution in [1.82, 2.24) is 10.3 Å². The van der Waals surface area contributed by atoms with Crippen molar-refractivity contribution < 1.29 is 14.3 Å². The molecule has 134 valence electrons. The molecular formula is C19H18N2O3S2. The SMILES string of the molecule is Cc1ccc(-c2nc(COC(=O)CCNC(=O)c3ccsc3)cs2)cc1. The number of amides is 1. The number of thiazole rings is 1. The molecule has 3 rings (SSSR count). The quantitative estimate of drug-likeness (QED) is 0.622. The molecule has 0 atom stereocenters. The lowest BCUT2D eigenvalue weighted by atomic mass is 10.2. The van der Waals surface area contributed by atoms with Gasteiger partial charge in [0.05, 0.1) is 12.1 Å². The van der Waals surface area contributed by atoms with Gasteiger partial charge in [-0.1, -0.05) is 29.8 Å². The highest BCUT2D eigenvalue weighted by atomic mass is 32.1. The van der Waals surface area contributed by atoms with Crippen LogP contribution < -0.4 is 5.32 Å². The molecule has 26 heavy (non-hydrogen) atoms. The first-order valence-electron chi connectivity index (χ1n) is 8.09. The van der Waals surface area contributed by atoms with Gasteiger partial charge in [0.15, 0.2) is 0 Å². The van der Waals surface area contributed by atoms with E-state index in [0.29, 0.717) is 5.56 Å². The molecule has 0 radical (unpaired) electrons. The number of nitrogens with one attached hydrogen (secondary N) is 1. The molecule has 0 saturated carbocycles. The third-order valence-corrected chi connectivity index (χ3v) is 5.25. The fraction of sp³-hybridized carbons (Fsp3) is 0.211. The van der Waals surface area contributed by atoms with Gasteiger partial charge in [0.25, 0.3) is 5.91 Å². The zero-order valence-corrected chi connectivity index (χ0v) is 15.9. The zero-order valence-electron chi connectivity index (χ0n) is 14.2. The Morgan fingerprint density at radius 1 is 1.15 bits per heavy atom. The Labute approximate surface area is 159 Å². The Morgan fingerprint density at radius 3 is 2.69 bits per heavy atom. The molecular weight excluding hydrogens is 368 g/mol. The molecule has 7 heteroatoms. The van der Waals surface area contributed by atoms with Crippen LogP contribution in [0.25, 0.3) is 10.6 Å². The molecule has 0 aliphatic rings. The molecule has 1 N–H and O–H groups in total. The van der Waals surface area contributed by atoms with Gasteiger partial charge in [-0.05, 0) is 18.4 Å². The number of carbonyl (C=O) groups excluding carboxylic acids is 2. The fourth-order valence-corrected chi connectivity index (χ4v) is 3.65. The smallest absolute Gasteiger partial charge is 0.307 e. The van der Waals surface area contributed by atoms with Gasteiger partial charge in [0.1, 0.15) is 11.6 Å². The molecule has 0 aliphatic heterocycles. The molecule has 1 amide bonds. The van der Waals surface area contributed by atoms with Crippen LogP contribution in [0.4, 0.5) is 0 Å². The second-order valence-electron chi connectivity index (χ2n) is 5.69. The topological polar surface area (TPSA) is 68.3 Å². The van der Waals surface area contributed by atoms with Crippen molar-refractivity contribution in [2.75, 3.05) is 6.54 Å². The van der Waals surface area contributed by atoms with E-state index in [9.17, 15) is 9.59 Å². The van der Waals surface area contributed by atoms with Gasteiger partial charge in [-0.2, -0.15) is 11.3 Å². The number of benzene rings is 1. The Hall–Kier alpha value is -2.51. The van der Waals surface area contributed by atoms with Crippen LogP contribution in [-0.4, -0.2) is 23.4 Å². The highest BCUT2D eigenvalue weighted by molar-refractivity contribution is 7.13. The summed E-state index contributed by atoms with van der Waals surface area (Å²) < 4.78 is 5.22. The van der Waals surface area contributed by atoms with Gasteiger partial charge in [-0.15, -0.1) is 11.3 Å². The Balaban J connectivity index is 1.42. The standard InChI is InChI=1S/C19H18N2O3S2/c1-13-2-4-14(5-3-13)19-21-16(12-26-19)10-24-17(22)6-8-20-18(23)15-7-9-25-11-15/h2-5,7,9,11-12H,6,8,10H2,1H3,(H,20,23). The number of esters is 1. The first-order valence-corrected chi connectivity index (χ1v) is 9.91. The highest BCUT2D eigenvalue weighted by Crippen LogP contribution is 2.24. The summed E-state index contributed by atoms with van der Waals surface area (Å²) in [5.74, 6) is -0.540. The van der Waals surface area contributed by atoms with Crippen molar-refractivity contribution in [3.63, 3.8) is 0 Å². The lowest BCUT2D eigenvalue weighted by molar-refractivity contribution is -0.144. The lowest BCUT2D eigenvalue weighted by Gasteiger charge is -2.04. The average Bonchev–Trinajstić information content (AvgIpc) is 3.32. The van der Waals surface area contributed by atoms with Crippen molar-refractivity contribution in [2.24, 2.45) is 0 Å². The predicted octanol–water partition coefficient (Wildman–Crippen LogP) is 4.04. The van der Waals surface area contributed by atoms with E-state index in [1.54, 1.807) is 11.4 Å². The summed E-state index contributed by atoms with van der Waals surface area (Å²) >= 11 is 2.98. The number of aromatic nitrogens is 1. The van der Waals surface area contributed by atoms with Crippen molar-refractivity contribution in [2.45, 2.75) is 20.0 Å². The highest BCUT2D eigenvalue weighted by Gasteiger charge is 2.10. The molecule has 0 saturated heterocycles. The van der Waals surface area contributed by atoms with E-state index in [1.807, 2.05) is 41.9 Å². The summed E-state index contributed by atoms with van der Waals surface area (Å²) in [6.45, 7) is 2.43. The van der Waals surface area contributed by atoms with E-state index in [4.69, 9.17) is 4.74 Å². The van der Waals surface area contributed by atoms with Crippen molar-refractivity contribution in [3.05, 3.63) is 63.3 Å². The Kier molecular flexibility index (Phi) is 6.14. The summed E-state index contributed by atoms with van der Waals surface area (Å²) in [5, 5.41) is 9.09. The number of carbonyl (C=O) groups is 2. The summed E-state index contributed by atoms with van der Waals surface area (Å²) in [6.07, 6.45) is 0.130. The fourth-order valence-electron chi connectivity index (χ4n) is 2.20. The number of rotatable bonds is 7. The Bertz CT molecular complexity index is 871. The van der Waals surface area contributed by atoms with Crippen LogP contribution in [0.15, 0.2) is 46.5 Å². The first kappa shape index (κ1) is 18.3. The molecule has 0 fully saturated rings. The number of hydrogen-bond donors (Lipinski definition) is 1. The monoisotopic (exact) mass is 386 g/mol.